The first-order valence-electron chi connectivity index (χ1n) is 3.97. The van der Waals surface area contributed by atoms with Gasteiger partial charge in [0.2, 0.25) is 0 Å². The zero-order valence-electron chi connectivity index (χ0n) is 7.75. The van der Waals surface area contributed by atoms with E-state index in [1.165, 1.54) is 25.1 Å². The summed E-state index contributed by atoms with van der Waals surface area (Å²) in [5.41, 5.74) is -2.99. The van der Waals surface area contributed by atoms with Crippen molar-refractivity contribution in [3.05, 3.63) is 29.8 Å². The van der Waals surface area contributed by atoms with Crippen molar-refractivity contribution in [2.45, 2.75) is 12.5 Å². The number of alkyl halides is 3. The van der Waals surface area contributed by atoms with Gasteiger partial charge in [-0.05, 0) is 19.1 Å². The van der Waals surface area contributed by atoms with Crippen LogP contribution in [0, 0.1) is 0 Å². The number of nitrogens with zero attached hydrogens (tertiary/aromatic N) is 1. The Morgan fingerprint density at radius 3 is 2.73 bits per heavy atom. The van der Waals surface area contributed by atoms with Crippen LogP contribution in [0.5, 0.6) is 5.75 Å². The van der Waals surface area contributed by atoms with Crippen LogP contribution in [0.4, 0.5) is 8.78 Å². The molecule has 1 aromatic carbocycles. The molecule has 0 amide bonds. The van der Waals surface area contributed by atoms with E-state index in [-0.39, 0.29) is 5.75 Å². The second-order valence-corrected chi connectivity index (χ2v) is 3.20. The molecule has 0 aliphatic heterocycles. The van der Waals surface area contributed by atoms with Gasteiger partial charge in [-0.1, -0.05) is 17.3 Å². The first-order valence-corrected chi connectivity index (χ1v) is 4.35. The highest BCUT2D eigenvalue weighted by molar-refractivity contribution is 6.20. The van der Waals surface area contributed by atoms with Gasteiger partial charge in [-0.2, -0.15) is 0 Å². The standard InChI is InChI=1S/C9H8ClF2NO2/c1-6(13-14)7-3-2-4-8(5-7)15-9(10,11)12/h2-5,14H,1H3/b13-6+. The van der Waals surface area contributed by atoms with Crippen LogP contribution in [0.1, 0.15) is 12.5 Å². The lowest BCUT2D eigenvalue weighted by molar-refractivity contribution is -0.0964. The number of oxime groups is 1. The Morgan fingerprint density at radius 1 is 1.53 bits per heavy atom. The molecule has 1 aromatic rings. The fourth-order valence-corrected chi connectivity index (χ4v) is 1.07. The van der Waals surface area contributed by atoms with Crippen molar-refractivity contribution < 1.29 is 18.7 Å². The van der Waals surface area contributed by atoms with E-state index in [0.29, 0.717) is 11.3 Å². The van der Waals surface area contributed by atoms with E-state index in [9.17, 15) is 8.78 Å². The lowest BCUT2D eigenvalue weighted by Crippen LogP contribution is -2.15. The Hall–Kier alpha value is -1.36. The van der Waals surface area contributed by atoms with Crippen LogP contribution in [-0.2, 0) is 0 Å². The second kappa shape index (κ2) is 4.44. The minimum atomic E-state index is -3.75. The van der Waals surface area contributed by atoms with Crippen molar-refractivity contribution in [1.82, 2.24) is 0 Å². The molecule has 1 N–H and O–H groups in total. The molecule has 0 fully saturated rings. The first-order chi connectivity index (χ1) is 6.92. The topological polar surface area (TPSA) is 41.8 Å². The molecule has 0 aliphatic carbocycles. The molecule has 0 aliphatic rings. The number of ether oxygens (including phenoxy) is 1. The van der Waals surface area contributed by atoms with Crippen molar-refractivity contribution in [2.24, 2.45) is 5.16 Å². The smallest absolute Gasteiger partial charge is 0.420 e. The Balaban J connectivity index is 2.93. The zero-order valence-corrected chi connectivity index (χ0v) is 8.50. The van der Waals surface area contributed by atoms with E-state index in [4.69, 9.17) is 5.21 Å². The molecule has 6 heteroatoms. The predicted molar refractivity (Wildman–Crippen MR) is 51.9 cm³/mol. The molecule has 0 aromatic heterocycles. The molecule has 0 saturated heterocycles. The van der Waals surface area contributed by atoms with Crippen LogP contribution in [0.15, 0.2) is 29.4 Å². The molecular weight excluding hydrogens is 228 g/mol. The van der Waals surface area contributed by atoms with Gasteiger partial charge in [-0.3, -0.25) is 0 Å². The number of hydrogen-bond donors (Lipinski definition) is 1. The van der Waals surface area contributed by atoms with Crippen LogP contribution >= 0.6 is 11.6 Å². The largest absolute Gasteiger partial charge is 0.487 e. The minimum absolute atomic E-state index is 0.101. The number of halogens is 3. The van der Waals surface area contributed by atoms with Crippen molar-refractivity contribution in [1.29, 1.82) is 0 Å². The summed E-state index contributed by atoms with van der Waals surface area (Å²) >= 11 is 4.60. The highest BCUT2D eigenvalue weighted by Gasteiger charge is 2.27. The molecule has 15 heavy (non-hydrogen) atoms. The summed E-state index contributed by atoms with van der Waals surface area (Å²) in [6.45, 7) is 1.53. The van der Waals surface area contributed by atoms with Crippen molar-refractivity contribution in [3.8, 4) is 5.75 Å². The van der Waals surface area contributed by atoms with Gasteiger partial charge < -0.3 is 9.94 Å². The normalized spacial score (nSPS) is 12.7. The number of hydrogen-bond acceptors (Lipinski definition) is 3. The fraction of sp³-hybridized carbons (Fsp3) is 0.222. The van der Waals surface area contributed by atoms with Crippen molar-refractivity contribution in [3.63, 3.8) is 0 Å². The second-order valence-electron chi connectivity index (χ2n) is 2.76. The Morgan fingerprint density at radius 2 is 2.20 bits per heavy atom. The third kappa shape index (κ3) is 3.71. The van der Waals surface area contributed by atoms with Gasteiger partial charge in [0.05, 0.1) is 5.71 Å². The molecule has 0 spiro atoms. The van der Waals surface area contributed by atoms with Gasteiger partial charge >= 0.3 is 5.57 Å². The highest BCUT2D eigenvalue weighted by Crippen LogP contribution is 2.25. The van der Waals surface area contributed by atoms with Gasteiger partial charge in [0.1, 0.15) is 5.75 Å². The molecular formula is C9H8ClF2NO2. The van der Waals surface area contributed by atoms with Gasteiger partial charge in [0, 0.05) is 17.2 Å². The van der Waals surface area contributed by atoms with Gasteiger partial charge in [-0.15, -0.1) is 8.78 Å². The molecule has 0 atom stereocenters. The maximum absolute atomic E-state index is 12.3. The SMILES string of the molecule is C/C(=N\O)c1cccc(OC(F)(F)Cl)c1. The van der Waals surface area contributed by atoms with E-state index in [2.05, 4.69) is 21.5 Å². The van der Waals surface area contributed by atoms with Crippen LogP contribution in [-0.4, -0.2) is 16.5 Å². The number of benzene rings is 1. The Bertz CT molecular complexity index is 377. The first kappa shape index (κ1) is 11.7. The lowest BCUT2D eigenvalue weighted by Gasteiger charge is -2.10. The minimum Gasteiger partial charge on any atom is -0.420 e. The third-order valence-electron chi connectivity index (χ3n) is 1.64. The van der Waals surface area contributed by atoms with Crippen LogP contribution in [0.25, 0.3) is 0 Å². The van der Waals surface area contributed by atoms with Gasteiger partial charge in [0.25, 0.3) is 0 Å². The number of rotatable bonds is 3. The lowest BCUT2D eigenvalue weighted by atomic mass is 10.1. The Kier molecular flexibility index (Phi) is 3.47. The molecule has 3 nitrogen and oxygen atoms in total. The summed E-state index contributed by atoms with van der Waals surface area (Å²) in [5.74, 6) is -0.101. The summed E-state index contributed by atoms with van der Waals surface area (Å²) in [4.78, 5) is 0. The highest BCUT2D eigenvalue weighted by atomic mass is 35.5. The average molecular weight is 236 g/mol. The van der Waals surface area contributed by atoms with Crippen LogP contribution in [0.2, 0.25) is 0 Å². The van der Waals surface area contributed by atoms with E-state index in [1.807, 2.05) is 0 Å². The fourth-order valence-electron chi connectivity index (χ4n) is 0.976. The summed E-state index contributed by atoms with van der Waals surface area (Å²) in [6, 6.07) is 5.70. The van der Waals surface area contributed by atoms with Gasteiger partial charge in [0.15, 0.2) is 0 Å². The maximum Gasteiger partial charge on any atom is 0.487 e. The summed E-state index contributed by atoms with van der Waals surface area (Å²) in [5, 5.41) is 11.4. The molecule has 1 rings (SSSR count). The monoisotopic (exact) mass is 235 g/mol. The van der Waals surface area contributed by atoms with Gasteiger partial charge in [-0.25, -0.2) is 0 Å². The molecule has 0 radical (unpaired) electrons. The van der Waals surface area contributed by atoms with Crippen molar-refractivity contribution in [2.75, 3.05) is 0 Å². The molecule has 0 unspecified atom stereocenters. The summed E-state index contributed by atoms with van der Waals surface area (Å²) < 4.78 is 28.7. The van der Waals surface area contributed by atoms with Crippen LogP contribution in [0.3, 0.4) is 0 Å². The summed E-state index contributed by atoms with van der Waals surface area (Å²) in [6.07, 6.45) is 0. The molecule has 0 bridgehead atoms. The van der Waals surface area contributed by atoms with E-state index < -0.39 is 5.57 Å². The van der Waals surface area contributed by atoms with E-state index in [0.717, 1.165) is 0 Å². The zero-order chi connectivity index (χ0) is 11.5. The summed E-state index contributed by atoms with van der Waals surface area (Å²) in [7, 11) is 0. The average Bonchev–Trinajstić information content (AvgIpc) is 2.14. The Labute approximate surface area is 89.9 Å². The third-order valence-corrected chi connectivity index (χ3v) is 1.71. The van der Waals surface area contributed by atoms with E-state index >= 15 is 0 Å². The van der Waals surface area contributed by atoms with Crippen molar-refractivity contribution >= 4 is 17.3 Å². The quantitative estimate of drug-likeness (QED) is 0.379. The van der Waals surface area contributed by atoms with E-state index in [1.54, 1.807) is 6.07 Å². The molecule has 0 saturated carbocycles. The molecule has 0 heterocycles. The van der Waals surface area contributed by atoms with Crippen LogP contribution < -0.4 is 4.74 Å². The molecule has 82 valence electrons. The maximum atomic E-state index is 12.3. The predicted octanol–water partition coefficient (Wildman–Crippen LogP) is 3.05.